The van der Waals surface area contributed by atoms with Crippen molar-refractivity contribution in [1.29, 1.82) is 0 Å². The van der Waals surface area contributed by atoms with Crippen LogP contribution in [0.4, 0.5) is 5.82 Å². The Kier molecular flexibility index (Phi) is 1.87. The van der Waals surface area contributed by atoms with Crippen molar-refractivity contribution in [2.45, 2.75) is 25.0 Å². The third kappa shape index (κ3) is 1.28. The van der Waals surface area contributed by atoms with Gasteiger partial charge in [-0.05, 0) is 18.9 Å². The second-order valence-corrected chi connectivity index (χ2v) is 5.96. The van der Waals surface area contributed by atoms with Gasteiger partial charge in [0.05, 0.1) is 17.6 Å². The van der Waals surface area contributed by atoms with Gasteiger partial charge in [0.25, 0.3) is 0 Å². The number of nitrogens with one attached hydrogen (secondary N) is 1. The van der Waals surface area contributed by atoms with Gasteiger partial charge in [0, 0.05) is 31.1 Å². The average molecular weight is 256 g/mol. The Morgan fingerprint density at radius 1 is 1.16 bits per heavy atom. The molecule has 0 amide bonds. The first kappa shape index (κ1) is 10.2. The normalized spacial score (nSPS) is 36.3. The van der Waals surface area contributed by atoms with E-state index in [0.717, 1.165) is 29.9 Å². The summed E-state index contributed by atoms with van der Waals surface area (Å²) in [4.78, 5) is 14.4. The molecule has 3 aliphatic heterocycles. The lowest BCUT2D eigenvalue weighted by Crippen LogP contribution is -2.25. The summed E-state index contributed by atoms with van der Waals surface area (Å²) in [5, 5.41) is 1.13. The molecule has 0 spiro atoms. The fourth-order valence-electron chi connectivity index (χ4n) is 4.24. The summed E-state index contributed by atoms with van der Waals surface area (Å²) in [5.74, 6) is 2.51. The first-order valence-electron chi connectivity index (χ1n) is 7.08. The van der Waals surface area contributed by atoms with E-state index >= 15 is 0 Å². The molecule has 0 radical (unpaired) electrons. The van der Waals surface area contributed by atoms with Gasteiger partial charge in [0.2, 0.25) is 0 Å². The largest absolute Gasteiger partial charge is 0.374 e. The number of fused-ring (bicyclic) bond motifs is 6. The van der Waals surface area contributed by atoms with E-state index < -0.39 is 0 Å². The highest BCUT2D eigenvalue weighted by Crippen LogP contribution is 2.48. The average Bonchev–Trinajstić information content (AvgIpc) is 3.18. The molecular weight excluding hydrogens is 240 g/mol. The number of H-pyrrole nitrogens is 1. The van der Waals surface area contributed by atoms with Crippen LogP contribution in [-0.2, 0) is 4.74 Å². The number of aromatic nitrogens is 3. The van der Waals surface area contributed by atoms with Crippen LogP contribution >= 0.6 is 0 Å². The number of nitrogens with zero attached hydrogens (tertiary/aromatic N) is 3. The monoisotopic (exact) mass is 256 g/mol. The van der Waals surface area contributed by atoms with Crippen molar-refractivity contribution in [2.75, 3.05) is 18.0 Å². The topological polar surface area (TPSA) is 54.0 Å². The van der Waals surface area contributed by atoms with Crippen LogP contribution < -0.4 is 4.90 Å². The molecule has 3 saturated heterocycles. The Morgan fingerprint density at radius 2 is 1.95 bits per heavy atom. The van der Waals surface area contributed by atoms with E-state index in [4.69, 9.17) is 4.74 Å². The maximum Gasteiger partial charge on any atom is 0.142 e. The van der Waals surface area contributed by atoms with Crippen LogP contribution in [0.15, 0.2) is 18.6 Å². The molecule has 1 N–H and O–H groups in total. The molecular formula is C14H16N4O. The van der Waals surface area contributed by atoms with Crippen molar-refractivity contribution >= 4 is 16.9 Å². The molecule has 4 atom stereocenters. The first-order valence-corrected chi connectivity index (χ1v) is 7.08. The van der Waals surface area contributed by atoms with E-state index in [-0.39, 0.29) is 0 Å². The number of anilines is 1. The van der Waals surface area contributed by atoms with Crippen LogP contribution in [0.2, 0.25) is 0 Å². The van der Waals surface area contributed by atoms with Gasteiger partial charge in [-0.3, -0.25) is 0 Å². The summed E-state index contributed by atoms with van der Waals surface area (Å²) in [6, 6.07) is 2.07. The Morgan fingerprint density at radius 3 is 2.74 bits per heavy atom. The molecule has 0 unspecified atom stereocenters. The molecule has 2 aromatic heterocycles. The molecule has 0 aliphatic carbocycles. The minimum absolute atomic E-state index is 0.503. The first-order chi connectivity index (χ1) is 9.40. The highest BCUT2D eigenvalue weighted by Gasteiger charge is 2.53. The van der Waals surface area contributed by atoms with Crippen LogP contribution in [0.3, 0.4) is 0 Å². The summed E-state index contributed by atoms with van der Waals surface area (Å²) >= 11 is 0. The predicted octanol–water partition coefficient (Wildman–Crippen LogP) is 1.57. The molecule has 3 fully saturated rings. The van der Waals surface area contributed by atoms with Crippen LogP contribution in [0.5, 0.6) is 0 Å². The maximum atomic E-state index is 6.03. The van der Waals surface area contributed by atoms with Gasteiger partial charge in [-0.15, -0.1) is 0 Å². The molecule has 0 aromatic carbocycles. The second-order valence-electron chi connectivity index (χ2n) is 5.96. The van der Waals surface area contributed by atoms with Crippen LogP contribution in [0.1, 0.15) is 12.8 Å². The molecule has 2 bridgehead atoms. The van der Waals surface area contributed by atoms with Crippen molar-refractivity contribution in [3.63, 3.8) is 0 Å². The van der Waals surface area contributed by atoms with E-state index in [9.17, 15) is 0 Å². The molecule has 98 valence electrons. The lowest BCUT2D eigenvalue weighted by atomic mass is 9.82. The highest BCUT2D eigenvalue weighted by molar-refractivity contribution is 5.87. The number of aromatic amines is 1. The smallest absolute Gasteiger partial charge is 0.142 e. The Hall–Kier alpha value is -1.62. The van der Waals surface area contributed by atoms with Crippen molar-refractivity contribution in [1.82, 2.24) is 15.0 Å². The minimum Gasteiger partial charge on any atom is -0.374 e. The molecule has 5 heterocycles. The molecule has 3 aliphatic rings. The summed E-state index contributed by atoms with van der Waals surface area (Å²) in [6.07, 6.45) is 7.11. The molecule has 5 heteroatoms. The van der Waals surface area contributed by atoms with Gasteiger partial charge in [-0.25, -0.2) is 9.97 Å². The minimum atomic E-state index is 0.503. The van der Waals surface area contributed by atoms with Gasteiger partial charge in [0.15, 0.2) is 0 Å². The zero-order valence-electron chi connectivity index (χ0n) is 10.6. The van der Waals surface area contributed by atoms with E-state index in [0.29, 0.717) is 24.0 Å². The van der Waals surface area contributed by atoms with E-state index in [1.807, 2.05) is 6.20 Å². The fraction of sp³-hybridized carbons (Fsp3) is 0.571. The molecule has 19 heavy (non-hydrogen) atoms. The molecule has 5 rings (SSSR count). The van der Waals surface area contributed by atoms with Crippen LogP contribution in [-0.4, -0.2) is 40.2 Å². The summed E-state index contributed by atoms with van der Waals surface area (Å²) in [7, 11) is 0. The maximum absolute atomic E-state index is 6.03. The Balaban J connectivity index is 1.53. The lowest BCUT2D eigenvalue weighted by molar-refractivity contribution is 0.0849. The SMILES string of the molecule is c1nc(N2C[C@@H]3[C@H](C2)[C@H]2CC[C@@H]3O2)c2cc[nH]c2n1. The summed E-state index contributed by atoms with van der Waals surface area (Å²) in [5.41, 5.74) is 0.932. The quantitative estimate of drug-likeness (QED) is 0.841. The zero-order valence-corrected chi connectivity index (χ0v) is 10.6. The third-order valence-electron chi connectivity index (χ3n) is 5.09. The number of hydrogen-bond donors (Lipinski definition) is 1. The fourth-order valence-corrected chi connectivity index (χ4v) is 4.24. The second kappa shape index (κ2) is 3.48. The molecule has 2 aromatic rings. The van der Waals surface area contributed by atoms with Gasteiger partial charge < -0.3 is 14.6 Å². The van der Waals surface area contributed by atoms with Gasteiger partial charge >= 0.3 is 0 Å². The number of rotatable bonds is 1. The third-order valence-corrected chi connectivity index (χ3v) is 5.09. The Labute approximate surface area is 111 Å². The van der Waals surface area contributed by atoms with E-state index in [2.05, 4.69) is 25.9 Å². The van der Waals surface area contributed by atoms with Crippen LogP contribution in [0.25, 0.3) is 11.0 Å². The van der Waals surface area contributed by atoms with Crippen molar-refractivity contribution in [3.8, 4) is 0 Å². The summed E-state index contributed by atoms with van der Waals surface area (Å²) in [6.45, 7) is 2.17. The predicted molar refractivity (Wildman–Crippen MR) is 71.0 cm³/mol. The van der Waals surface area contributed by atoms with E-state index in [1.165, 1.54) is 12.8 Å². The molecule has 5 nitrogen and oxygen atoms in total. The van der Waals surface area contributed by atoms with Gasteiger partial charge in [0.1, 0.15) is 17.8 Å². The summed E-state index contributed by atoms with van der Waals surface area (Å²) < 4.78 is 6.03. The van der Waals surface area contributed by atoms with Crippen molar-refractivity contribution < 1.29 is 4.74 Å². The number of ether oxygens (including phenoxy) is 1. The lowest BCUT2D eigenvalue weighted by Gasteiger charge is -2.20. The zero-order chi connectivity index (χ0) is 12.4. The van der Waals surface area contributed by atoms with Crippen molar-refractivity contribution in [2.24, 2.45) is 11.8 Å². The highest BCUT2D eigenvalue weighted by atomic mass is 16.5. The van der Waals surface area contributed by atoms with Crippen LogP contribution in [0, 0.1) is 11.8 Å². The standard InChI is InChI=1S/C14H16N4O/c1-2-12-10-6-18(5-9(10)11(1)19-12)14-8-3-4-15-13(8)16-7-17-14/h3-4,7,9-12H,1-2,5-6H2,(H,15,16,17)/t9-,10+,11+,12-. The van der Waals surface area contributed by atoms with Crippen molar-refractivity contribution in [3.05, 3.63) is 18.6 Å². The Bertz CT molecular complexity index is 621. The van der Waals surface area contributed by atoms with Gasteiger partial charge in [-0.2, -0.15) is 0 Å². The van der Waals surface area contributed by atoms with Gasteiger partial charge in [-0.1, -0.05) is 0 Å². The molecule has 0 saturated carbocycles. The van der Waals surface area contributed by atoms with E-state index in [1.54, 1.807) is 6.33 Å². The number of hydrogen-bond acceptors (Lipinski definition) is 4.